The van der Waals surface area contributed by atoms with Crippen LogP contribution in [0.5, 0.6) is 0 Å². The number of hydrogen-bond donors (Lipinski definition) is 1. The molecule has 1 saturated heterocycles. The predicted octanol–water partition coefficient (Wildman–Crippen LogP) is 2.52. The Morgan fingerprint density at radius 3 is 2.46 bits per heavy atom. The van der Waals surface area contributed by atoms with E-state index in [1.165, 1.54) is 26.9 Å². The van der Waals surface area contributed by atoms with E-state index in [4.69, 9.17) is 5.11 Å². The highest BCUT2D eigenvalue weighted by Gasteiger charge is 2.30. The van der Waals surface area contributed by atoms with Crippen molar-refractivity contribution in [1.82, 2.24) is 9.21 Å². The number of nitrogens with zero attached hydrogens (tertiary/aromatic N) is 2. The second kappa shape index (κ2) is 7.87. The van der Waals surface area contributed by atoms with Crippen molar-refractivity contribution in [1.29, 1.82) is 0 Å². The second-order valence-corrected chi connectivity index (χ2v) is 9.39. The topological polar surface area (TPSA) is 77.9 Å². The van der Waals surface area contributed by atoms with Crippen LogP contribution in [0, 0.1) is 0 Å². The number of rotatable bonds is 6. The molecule has 2 heterocycles. The Balaban J connectivity index is 1.62. The van der Waals surface area contributed by atoms with Gasteiger partial charge in [-0.2, -0.15) is 4.31 Å². The van der Waals surface area contributed by atoms with Crippen LogP contribution in [0.2, 0.25) is 0 Å². The summed E-state index contributed by atoms with van der Waals surface area (Å²) >= 11 is 0.962. The number of piperazine rings is 1. The lowest BCUT2D eigenvalue weighted by molar-refractivity contribution is 0.0697. The van der Waals surface area contributed by atoms with E-state index >= 15 is 0 Å². The molecule has 0 spiro atoms. The first-order valence-electron chi connectivity index (χ1n) is 8.52. The minimum atomic E-state index is -3.62. The molecule has 0 bridgehead atoms. The van der Waals surface area contributed by atoms with Crippen LogP contribution in [0.15, 0.2) is 39.9 Å². The Bertz CT molecular complexity index is 884. The monoisotopic (exact) mass is 394 g/mol. The number of aromatic carboxylic acids is 1. The normalized spacial score (nSPS) is 16.7. The van der Waals surface area contributed by atoms with Crippen molar-refractivity contribution in [3.63, 3.8) is 0 Å². The number of carbonyl (C=O) groups is 1. The van der Waals surface area contributed by atoms with E-state index in [1.807, 2.05) is 0 Å². The van der Waals surface area contributed by atoms with Gasteiger partial charge in [0.25, 0.3) is 10.0 Å². The Morgan fingerprint density at radius 2 is 1.85 bits per heavy atom. The Morgan fingerprint density at radius 1 is 1.15 bits per heavy atom. The minimum Gasteiger partial charge on any atom is -0.478 e. The smallest absolute Gasteiger partial charge is 0.336 e. The summed E-state index contributed by atoms with van der Waals surface area (Å²) in [6.45, 7) is 5.08. The fraction of sp³-hybridized carbons (Fsp3) is 0.389. The summed E-state index contributed by atoms with van der Waals surface area (Å²) in [5, 5.41) is 10.3. The van der Waals surface area contributed by atoms with Gasteiger partial charge in [0, 0.05) is 38.1 Å². The van der Waals surface area contributed by atoms with E-state index in [2.05, 4.69) is 36.1 Å². The number of thiophene rings is 1. The van der Waals surface area contributed by atoms with E-state index in [9.17, 15) is 13.2 Å². The van der Waals surface area contributed by atoms with E-state index < -0.39 is 16.0 Å². The van der Waals surface area contributed by atoms with Gasteiger partial charge >= 0.3 is 5.97 Å². The highest BCUT2D eigenvalue weighted by atomic mass is 32.2. The Kier molecular flexibility index (Phi) is 5.76. The van der Waals surface area contributed by atoms with Gasteiger partial charge in [-0.25, -0.2) is 13.2 Å². The number of carboxylic acids is 1. The highest BCUT2D eigenvalue weighted by Crippen LogP contribution is 2.25. The van der Waals surface area contributed by atoms with Crippen LogP contribution >= 0.6 is 11.3 Å². The van der Waals surface area contributed by atoms with Gasteiger partial charge in [-0.05, 0) is 23.6 Å². The van der Waals surface area contributed by atoms with Crippen molar-refractivity contribution < 1.29 is 18.3 Å². The number of aryl methyl sites for hydroxylation is 1. The Labute approximate surface area is 157 Å². The van der Waals surface area contributed by atoms with Gasteiger partial charge < -0.3 is 5.11 Å². The summed E-state index contributed by atoms with van der Waals surface area (Å²) in [7, 11) is -3.62. The quantitative estimate of drug-likeness (QED) is 0.815. The third-order valence-corrected chi connectivity index (χ3v) is 7.87. The molecule has 140 valence electrons. The van der Waals surface area contributed by atoms with Gasteiger partial charge in [0.2, 0.25) is 0 Å². The summed E-state index contributed by atoms with van der Waals surface area (Å²) < 4.78 is 26.9. The van der Waals surface area contributed by atoms with Crippen molar-refractivity contribution in [2.75, 3.05) is 26.2 Å². The molecule has 2 aromatic rings. The lowest BCUT2D eigenvalue weighted by Gasteiger charge is -2.33. The number of hydrogen-bond acceptors (Lipinski definition) is 5. The van der Waals surface area contributed by atoms with Crippen molar-refractivity contribution in [3.05, 3.63) is 52.4 Å². The van der Waals surface area contributed by atoms with Gasteiger partial charge in [-0.1, -0.05) is 31.2 Å². The van der Waals surface area contributed by atoms with Crippen LogP contribution in [-0.4, -0.2) is 54.9 Å². The maximum Gasteiger partial charge on any atom is 0.336 e. The van der Waals surface area contributed by atoms with E-state index in [0.29, 0.717) is 26.2 Å². The first-order valence-corrected chi connectivity index (χ1v) is 10.8. The van der Waals surface area contributed by atoms with Crippen LogP contribution in [0.3, 0.4) is 0 Å². The molecule has 0 atom stereocenters. The maximum absolute atomic E-state index is 12.7. The second-order valence-electron chi connectivity index (χ2n) is 6.31. The molecule has 8 heteroatoms. The van der Waals surface area contributed by atoms with Crippen molar-refractivity contribution in [2.24, 2.45) is 0 Å². The molecule has 3 rings (SSSR count). The lowest BCUT2D eigenvalue weighted by Crippen LogP contribution is -2.48. The molecule has 6 nitrogen and oxygen atoms in total. The molecular formula is C18H22N2O4S2. The predicted molar refractivity (Wildman–Crippen MR) is 101 cm³/mol. The van der Waals surface area contributed by atoms with Gasteiger partial charge in [0.15, 0.2) is 0 Å². The SMILES string of the molecule is CCc1cccc(CN2CCN(S(=O)(=O)c3cc(C(=O)O)cs3)CC2)c1. The average molecular weight is 395 g/mol. The molecule has 1 aromatic heterocycles. The molecule has 0 aliphatic carbocycles. The summed E-state index contributed by atoms with van der Waals surface area (Å²) in [4.78, 5) is 13.2. The molecule has 0 radical (unpaired) electrons. The lowest BCUT2D eigenvalue weighted by atomic mass is 10.1. The largest absolute Gasteiger partial charge is 0.478 e. The minimum absolute atomic E-state index is 0.0167. The summed E-state index contributed by atoms with van der Waals surface area (Å²) in [6, 6.07) is 9.71. The summed E-state index contributed by atoms with van der Waals surface area (Å²) in [6.07, 6.45) is 0.999. The van der Waals surface area contributed by atoms with Gasteiger partial charge in [-0.15, -0.1) is 11.3 Å². The molecular weight excluding hydrogens is 372 g/mol. The standard InChI is InChI=1S/C18H22N2O4S2/c1-2-14-4-3-5-15(10-14)12-19-6-8-20(9-7-19)26(23,24)17-11-16(13-25-17)18(21)22/h3-5,10-11,13H,2,6-9,12H2,1H3,(H,21,22). The van der Waals surface area contributed by atoms with Crippen LogP contribution in [0.25, 0.3) is 0 Å². The fourth-order valence-corrected chi connectivity index (χ4v) is 5.75. The van der Waals surface area contributed by atoms with Crippen molar-refractivity contribution in [2.45, 2.75) is 24.1 Å². The molecule has 1 aliphatic heterocycles. The average Bonchev–Trinajstić information content (AvgIpc) is 3.14. The third-order valence-electron chi connectivity index (χ3n) is 4.55. The van der Waals surface area contributed by atoms with Gasteiger partial charge in [-0.3, -0.25) is 4.90 Å². The summed E-state index contributed by atoms with van der Waals surface area (Å²) in [5.74, 6) is -1.11. The van der Waals surface area contributed by atoms with E-state index in [1.54, 1.807) is 0 Å². The first-order chi connectivity index (χ1) is 12.4. The number of sulfonamides is 1. The zero-order valence-electron chi connectivity index (χ0n) is 14.6. The Hall–Kier alpha value is -1.74. The van der Waals surface area contributed by atoms with Crippen LogP contribution in [0.1, 0.15) is 28.4 Å². The maximum atomic E-state index is 12.7. The molecule has 1 aromatic carbocycles. The number of benzene rings is 1. The van der Waals surface area contributed by atoms with E-state index in [0.717, 1.165) is 24.3 Å². The van der Waals surface area contributed by atoms with Crippen LogP contribution in [0.4, 0.5) is 0 Å². The molecule has 1 N–H and O–H groups in total. The molecule has 0 amide bonds. The molecule has 1 aliphatic rings. The zero-order valence-corrected chi connectivity index (χ0v) is 16.2. The molecule has 0 unspecified atom stereocenters. The van der Waals surface area contributed by atoms with Crippen LogP contribution < -0.4 is 0 Å². The van der Waals surface area contributed by atoms with Crippen LogP contribution in [-0.2, 0) is 23.0 Å². The highest BCUT2D eigenvalue weighted by molar-refractivity contribution is 7.91. The molecule has 0 saturated carbocycles. The third kappa shape index (κ3) is 4.15. The van der Waals surface area contributed by atoms with Crippen molar-refractivity contribution in [3.8, 4) is 0 Å². The fourth-order valence-electron chi connectivity index (χ4n) is 3.03. The number of carboxylic acid groups (broad SMARTS) is 1. The summed E-state index contributed by atoms with van der Waals surface area (Å²) in [5.41, 5.74) is 2.56. The van der Waals surface area contributed by atoms with Gasteiger partial charge in [0.1, 0.15) is 4.21 Å². The first kappa shape index (κ1) is 19.0. The van der Waals surface area contributed by atoms with Crippen molar-refractivity contribution >= 4 is 27.3 Å². The van der Waals surface area contributed by atoms with E-state index in [-0.39, 0.29) is 9.77 Å². The van der Waals surface area contributed by atoms with Gasteiger partial charge in [0.05, 0.1) is 5.56 Å². The molecule has 26 heavy (non-hydrogen) atoms. The molecule has 1 fully saturated rings. The zero-order chi connectivity index (χ0) is 18.7.